The average molecular weight is 350 g/mol. The molecule has 4 rings (SSSR count). The molecule has 0 amide bonds. The number of aromatic hydroxyl groups is 1. The maximum atomic E-state index is 9.93. The van der Waals surface area contributed by atoms with E-state index in [0.717, 1.165) is 50.4 Å². The molecule has 1 aliphatic rings. The lowest BCUT2D eigenvalue weighted by Crippen LogP contribution is -2.38. The second-order valence-corrected chi connectivity index (χ2v) is 6.32. The maximum Gasteiger partial charge on any atom is 0.230 e. The van der Waals surface area contributed by atoms with Crippen LogP contribution < -0.4 is 0 Å². The minimum Gasteiger partial charge on any atom is -0.507 e. The number of fused-ring (bicyclic) bond motifs is 1. The van der Waals surface area contributed by atoms with Gasteiger partial charge in [-0.05, 0) is 24.3 Å². The lowest BCUT2D eigenvalue weighted by atomic mass is 10.2. The molecule has 1 saturated heterocycles. The fourth-order valence-electron chi connectivity index (χ4n) is 3.17. The summed E-state index contributed by atoms with van der Waals surface area (Å²) < 4.78 is 7.56. The van der Waals surface area contributed by atoms with Gasteiger partial charge >= 0.3 is 0 Å². The largest absolute Gasteiger partial charge is 0.507 e. The van der Waals surface area contributed by atoms with E-state index < -0.39 is 0 Å². The van der Waals surface area contributed by atoms with E-state index in [1.54, 1.807) is 18.3 Å². The van der Waals surface area contributed by atoms with Gasteiger partial charge in [-0.15, -0.1) is 0 Å². The van der Waals surface area contributed by atoms with Crippen molar-refractivity contribution in [1.82, 2.24) is 14.5 Å². The van der Waals surface area contributed by atoms with E-state index >= 15 is 0 Å². The van der Waals surface area contributed by atoms with Crippen LogP contribution >= 0.6 is 0 Å². The fraction of sp³-hybridized carbons (Fsp3) is 0.300. The highest BCUT2D eigenvalue weighted by atomic mass is 16.5. The minimum atomic E-state index is 0.215. The standard InChI is InChI=1S/C20H22N4O2/c25-19-8-4-1-5-16(19)15-21-20-22-17-6-2-3-7-18(17)24(20)10-9-23-11-13-26-14-12-23/h1-8,15,25H,9-14H2/b21-15+. The van der Waals surface area contributed by atoms with E-state index in [1.807, 2.05) is 30.3 Å². The summed E-state index contributed by atoms with van der Waals surface area (Å²) in [6.07, 6.45) is 1.67. The Hall–Kier alpha value is -2.70. The van der Waals surface area contributed by atoms with Crippen molar-refractivity contribution >= 4 is 23.2 Å². The zero-order chi connectivity index (χ0) is 17.8. The predicted molar refractivity (Wildman–Crippen MR) is 102 cm³/mol. The van der Waals surface area contributed by atoms with Crippen LogP contribution in [0.1, 0.15) is 5.56 Å². The summed E-state index contributed by atoms with van der Waals surface area (Å²) in [6, 6.07) is 15.2. The van der Waals surface area contributed by atoms with Crippen LogP contribution in [-0.4, -0.2) is 58.6 Å². The molecule has 1 aliphatic heterocycles. The molecule has 0 radical (unpaired) electrons. The summed E-state index contributed by atoms with van der Waals surface area (Å²) in [6.45, 7) is 5.26. The van der Waals surface area contributed by atoms with E-state index in [0.29, 0.717) is 11.5 Å². The van der Waals surface area contributed by atoms with Crippen molar-refractivity contribution in [2.75, 3.05) is 32.8 Å². The first-order valence-corrected chi connectivity index (χ1v) is 8.89. The number of morpholine rings is 1. The molecule has 0 bridgehead atoms. The van der Waals surface area contributed by atoms with Crippen LogP contribution in [-0.2, 0) is 11.3 Å². The van der Waals surface area contributed by atoms with E-state index in [4.69, 9.17) is 4.74 Å². The zero-order valence-corrected chi connectivity index (χ0v) is 14.6. The van der Waals surface area contributed by atoms with Crippen LogP contribution in [0.15, 0.2) is 53.5 Å². The van der Waals surface area contributed by atoms with Gasteiger partial charge in [0.1, 0.15) is 5.75 Å². The first-order valence-electron chi connectivity index (χ1n) is 8.89. The lowest BCUT2D eigenvalue weighted by Gasteiger charge is -2.26. The number of ether oxygens (including phenoxy) is 1. The third-order valence-corrected chi connectivity index (χ3v) is 4.63. The number of imidazole rings is 1. The van der Waals surface area contributed by atoms with Crippen LogP contribution in [0.25, 0.3) is 11.0 Å². The molecule has 6 nitrogen and oxygen atoms in total. The van der Waals surface area contributed by atoms with Crippen LogP contribution in [0, 0.1) is 0 Å². The van der Waals surface area contributed by atoms with Gasteiger partial charge in [-0.3, -0.25) is 4.90 Å². The van der Waals surface area contributed by atoms with Crippen molar-refractivity contribution in [2.24, 2.45) is 4.99 Å². The Kier molecular flexibility index (Phi) is 4.95. The van der Waals surface area contributed by atoms with Gasteiger partial charge in [-0.2, -0.15) is 0 Å². The zero-order valence-electron chi connectivity index (χ0n) is 14.6. The molecule has 3 aromatic rings. The Morgan fingerprint density at radius 3 is 2.65 bits per heavy atom. The highest BCUT2D eigenvalue weighted by Gasteiger charge is 2.13. The number of phenolic OH excluding ortho intramolecular Hbond substituents is 1. The number of para-hydroxylation sites is 3. The first-order chi connectivity index (χ1) is 12.8. The highest BCUT2D eigenvalue weighted by molar-refractivity contribution is 5.86. The van der Waals surface area contributed by atoms with E-state index in [1.165, 1.54) is 0 Å². The molecule has 1 fully saturated rings. The van der Waals surface area contributed by atoms with Gasteiger partial charge in [-0.25, -0.2) is 9.98 Å². The topological polar surface area (TPSA) is 62.9 Å². The molecule has 2 aromatic carbocycles. The number of nitrogens with zero attached hydrogens (tertiary/aromatic N) is 4. The molecular formula is C20H22N4O2. The Labute approximate surface area is 152 Å². The second kappa shape index (κ2) is 7.68. The molecule has 0 spiro atoms. The van der Waals surface area contributed by atoms with Gasteiger partial charge in [0.2, 0.25) is 5.95 Å². The van der Waals surface area contributed by atoms with Gasteiger partial charge in [0.25, 0.3) is 0 Å². The van der Waals surface area contributed by atoms with Crippen LogP contribution in [0.4, 0.5) is 5.95 Å². The normalized spacial score (nSPS) is 15.8. The number of hydrogen-bond acceptors (Lipinski definition) is 5. The Balaban J connectivity index is 1.62. The highest BCUT2D eigenvalue weighted by Crippen LogP contribution is 2.22. The summed E-state index contributed by atoms with van der Waals surface area (Å²) in [4.78, 5) is 11.6. The SMILES string of the molecule is Oc1ccccc1/C=N/c1nc2ccccc2n1CCN1CCOCC1. The van der Waals surface area contributed by atoms with Crippen molar-refractivity contribution in [2.45, 2.75) is 6.54 Å². The fourth-order valence-corrected chi connectivity index (χ4v) is 3.17. The molecule has 0 saturated carbocycles. The molecule has 2 heterocycles. The summed E-state index contributed by atoms with van der Waals surface area (Å²) in [5.41, 5.74) is 2.68. The number of benzene rings is 2. The van der Waals surface area contributed by atoms with E-state index in [2.05, 4.69) is 25.5 Å². The summed E-state index contributed by atoms with van der Waals surface area (Å²) >= 11 is 0. The minimum absolute atomic E-state index is 0.215. The Bertz CT molecular complexity index is 913. The number of hydrogen-bond donors (Lipinski definition) is 1. The molecule has 1 aromatic heterocycles. The van der Waals surface area contributed by atoms with Crippen molar-refractivity contribution in [3.05, 3.63) is 54.1 Å². The Morgan fingerprint density at radius 2 is 1.81 bits per heavy atom. The molecule has 0 unspecified atom stereocenters. The van der Waals surface area contributed by atoms with Crippen LogP contribution in [0.5, 0.6) is 5.75 Å². The summed E-state index contributed by atoms with van der Waals surface area (Å²) in [5.74, 6) is 0.870. The van der Waals surface area contributed by atoms with Crippen LogP contribution in [0.3, 0.4) is 0 Å². The van der Waals surface area contributed by atoms with Gasteiger partial charge in [0, 0.05) is 38.0 Å². The quantitative estimate of drug-likeness (QED) is 0.719. The lowest BCUT2D eigenvalue weighted by molar-refractivity contribution is 0.0366. The third kappa shape index (κ3) is 3.61. The number of aliphatic imine (C=N–C) groups is 1. The molecule has 0 aliphatic carbocycles. The predicted octanol–water partition coefficient (Wildman–Crippen LogP) is 2.82. The van der Waals surface area contributed by atoms with Crippen molar-refractivity contribution in [1.29, 1.82) is 0 Å². The number of aromatic nitrogens is 2. The van der Waals surface area contributed by atoms with Crippen molar-refractivity contribution in [3.63, 3.8) is 0 Å². The van der Waals surface area contributed by atoms with Crippen molar-refractivity contribution in [3.8, 4) is 5.75 Å². The maximum absolute atomic E-state index is 9.93. The van der Waals surface area contributed by atoms with E-state index in [-0.39, 0.29) is 5.75 Å². The summed E-state index contributed by atoms with van der Waals surface area (Å²) in [5, 5.41) is 9.93. The molecule has 6 heteroatoms. The summed E-state index contributed by atoms with van der Waals surface area (Å²) in [7, 11) is 0. The van der Waals surface area contributed by atoms with Crippen LogP contribution in [0.2, 0.25) is 0 Å². The van der Waals surface area contributed by atoms with Crippen molar-refractivity contribution < 1.29 is 9.84 Å². The third-order valence-electron chi connectivity index (χ3n) is 4.63. The number of rotatable bonds is 5. The monoisotopic (exact) mass is 350 g/mol. The molecule has 1 N–H and O–H groups in total. The van der Waals surface area contributed by atoms with E-state index in [9.17, 15) is 5.11 Å². The first kappa shape index (κ1) is 16.8. The van der Waals surface area contributed by atoms with Gasteiger partial charge in [0.15, 0.2) is 0 Å². The average Bonchev–Trinajstić information content (AvgIpc) is 3.04. The van der Waals surface area contributed by atoms with Gasteiger partial charge in [0.05, 0.1) is 24.2 Å². The molecular weight excluding hydrogens is 328 g/mol. The smallest absolute Gasteiger partial charge is 0.230 e. The Morgan fingerprint density at radius 1 is 1.04 bits per heavy atom. The van der Waals surface area contributed by atoms with Gasteiger partial charge < -0.3 is 14.4 Å². The second-order valence-electron chi connectivity index (χ2n) is 6.32. The molecule has 0 atom stereocenters. The molecule has 26 heavy (non-hydrogen) atoms. The number of phenols is 1. The molecule has 134 valence electrons. The van der Waals surface area contributed by atoms with Gasteiger partial charge in [-0.1, -0.05) is 24.3 Å².